The minimum atomic E-state index is -4.67. The molecule has 0 aliphatic heterocycles. The van der Waals surface area contributed by atoms with E-state index < -0.39 is 59.3 Å². The Morgan fingerprint density at radius 1 is 1.38 bits per heavy atom. The number of carboxylic acids is 1. The summed E-state index contributed by atoms with van der Waals surface area (Å²) in [5.41, 5.74) is -1.57. The quantitative estimate of drug-likeness (QED) is 0.437. The third-order valence-corrected chi connectivity index (χ3v) is 2.57. The second-order valence-corrected chi connectivity index (χ2v) is 4.36. The molecule has 1 unspecified atom stereocenters. The zero-order chi connectivity index (χ0) is 18.5. The summed E-state index contributed by atoms with van der Waals surface area (Å²) in [6, 6.07) is 0.226. The van der Waals surface area contributed by atoms with Crippen LogP contribution in [0.2, 0.25) is 0 Å². The molecule has 24 heavy (non-hydrogen) atoms. The van der Waals surface area contributed by atoms with Crippen molar-refractivity contribution in [1.82, 2.24) is 5.32 Å². The Labute approximate surface area is 131 Å². The average molecular weight is 354 g/mol. The predicted octanol–water partition coefficient (Wildman–Crippen LogP) is 1.69. The van der Waals surface area contributed by atoms with Gasteiger partial charge in [0.25, 0.3) is 11.6 Å². The Hall–Kier alpha value is -2.92. The number of nitrogens with one attached hydrogen (secondary N) is 1. The average Bonchev–Trinajstić information content (AvgIpc) is 2.48. The Bertz CT molecular complexity index is 649. The number of aliphatic carboxylic acids is 1. The molecular formula is C12H10F4N2O6. The highest BCUT2D eigenvalue weighted by molar-refractivity contribution is 6.00. The van der Waals surface area contributed by atoms with Gasteiger partial charge in [-0.05, 0) is 12.1 Å². The number of halogens is 4. The van der Waals surface area contributed by atoms with E-state index in [2.05, 4.69) is 4.74 Å². The molecule has 8 nitrogen and oxygen atoms in total. The molecule has 0 fully saturated rings. The van der Waals surface area contributed by atoms with E-state index in [0.29, 0.717) is 12.1 Å². The fourth-order valence-corrected chi connectivity index (χ4v) is 1.51. The van der Waals surface area contributed by atoms with E-state index in [1.165, 1.54) is 0 Å². The largest absolute Gasteiger partial charge is 0.484 e. The number of ether oxygens (including phenoxy) is 1. The van der Waals surface area contributed by atoms with Crippen LogP contribution in [0.1, 0.15) is 10.4 Å². The number of hydrogen-bond acceptors (Lipinski definition) is 5. The first-order valence-corrected chi connectivity index (χ1v) is 6.12. The molecule has 1 rings (SSSR count). The molecule has 0 bridgehead atoms. The second kappa shape index (κ2) is 7.57. The number of nitro benzene ring substituents is 1. The summed E-state index contributed by atoms with van der Waals surface area (Å²) in [6.07, 6.45) is -4.67. The number of alkyl halides is 4. The van der Waals surface area contributed by atoms with Crippen molar-refractivity contribution in [2.45, 2.75) is 12.2 Å². The lowest BCUT2D eigenvalue weighted by molar-refractivity contribution is -0.385. The van der Waals surface area contributed by atoms with Gasteiger partial charge in [0.15, 0.2) is 12.6 Å². The zero-order valence-electron chi connectivity index (χ0n) is 11.7. The predicted molar refractivity (Wildman–Crippen MR) is 69.5 cm³/mol. The molecule has 1 aromatic rings. The van der Waals surface area contributed by atoms with Crippen LogP contribution in [0, 0.1) is 10.1 Å². The van der Waals surface area contributed by atoms with Crippen LogP contribution >= 0.6 is 0 Å². The van der Waals surface area contributed by atoms with E-state index in [-0.39, 0.29) is 0 Å². The molecule has 0 saturated carbocycles. The number of nitrogens with zero attached hydrogens (tertiary/aromatic N) is 1. The molecule has 12 heteroatoms. The first kappa shape index (κ1) is 19.1. The van der Waals surface area contributed by atoms with Gasteiger partial charge in [-0.2, -0.15) is 13.2 Å². The third-order valence-electron chi connectivity index (χ3n) is 2.57. The number of nitro groups is 1. The normalized spacial score (nSPS) is 12.3. The van der Waals surface area contributed by atoms with Gasteiger partial charge >= 0.3 is 12.1 Å². The van der Waals surface area contributed by atoms with E-state index >= 15 is 0 Å². The van der Waals surface area contributed by atoms with Gasteiger partial charge in [0.05, 0.1) is 4.92 Å². The fourth-order valence-electron chi connectivity index (χ4n) is 1.51. The summed E-state index contributed by atoms with van der Waals surface area (Å²) in [4.78, 5) is 32.4. The number of amides is 1. The molecule has 1 aromatic carbocycles. The van der Waals surface area contributed by atoms with Crippen molar-refractivity contribution in [2.75, 3.05) is 13.3 Å². The maximum atomic E-state index is 12.5. The van der Waals surface area contributed by atoms with E-state index in [4.69, 9.17) is 5.11 Å². The first-order chi connectivity index (χ1) is 11.0. The van der Waals surface area contributed by atoms with Crippen LogP contribution in [-0.4, -0.2) is 47.4 Å². The van der Waals surface area contributed by atoms with Crippen LogP contribution in [0.4, 0.5) is 23.2 Å². The minimum Gasteiger partial charge on any atom is -0.484 e. The summed E-state index contributed by atoms with van der Waals surface area (Å²) < 4.78 is 53.1. The van der Waals surface area contributed by atoms with E-state index in [1.807, 2.05) is 0 Å². The molecule has 0 aromatic heterocycles. The van der Waals surface area contributed by atoms with Crippen LogP contribution in [0.15, 0.2) is 18.2 Å². The molecule has 0 saturated heterocycles. The smallest absolute Gasteiger partial charge is 0.422 e. The van der Waals surface area contributed by atoms with Gasteiger partial charge in [-0.15, -0.1) is 0 Å². The third kappa shape index (κ3) is 5.37. The van der Waals surface area contributed by atoms with E-state index in [1.54, 1.807) is 5.32 Å². The van der Waals surface area contributed by atoms with Gasteiger partial charge in [-0.25, -0.2) is 9.18 Å². The van der Waals surface area contributed by atoms with Gasteiger partial charge in [-0.1, -0.05) is 0 Å². The number of rotatable bonds is 7. The summed E-state index contributed by atoms with van der Waals surface area (Å²) in [5, 5.41) is 21.2. The topological polar surface area (TPSA) is 119 Å². The highest BCUT2D eigenvalue weighted by Crippen LogP contribution is 2.26. The van der Waals surface area contributed by atoms with Crippen LogP contribution in [0.25, 0.3) is 0 Å². The lowest BCUT2D eigenvalue weighted by Crippen LogP contribution is -2.42. The highest BCUT2D eigenvalue weighted by Gasteiger charge is 2.30. The molecule has 1 amide bonds. The molecular weight excluding hydrogens is 344 g/mol. The van der Waals surface area contributed by atoms with Crippen LogP contribution in [0.5, 0.6) is 5.75 Å². The summed E-state index contributed by atoms with van der Waals surface area (Å²) in [5.74, 6) is -3.57. The molecule has 0 aliphatic rings. The monoisotopic (exact) mass is 354 g/mol. The molecule has 0 spiro atoms. The van der Waals surface area contributed by atoms with Crippen molar-refractivity contribution in [1.29, 1.82) is 0 Å². The van der Waals surface area contributed by atoms with Crippen molar-refractivity contribution in [2.24, 2.45) is 0 Å². The lowest BCUT2D eigenvalue weighted by atomic mass is 10.1. The Morgan fingerprint density at radius 3 is 2.46 bits per heavy atom. The van der Waals surface area contributed by atoms with Crippen LogP contribution in [-0.2, 0) is 4.79 Å². The molecule has 132 valence electrons. The lowest BCUT2D eigenvalue weighted by Gasteiger charge is -2.13. The summed E-state index contributed by atoms with van der Waals surface area (Å²) in [7, 11) is 0. The van der Waals surface area contributed by atoms with Crippen LogP contribution in [0.3, 0.4) is 0 Å². The number of carbonyl (C=O) groups is 2. The number of benzene rings is 1. The van der Waals surface area contributed by atoms with Crippen LogP contribution < -0.4 is 10.1 Å². The Morgan fingerprint density at radius 2 is 2.00 bits per heavy atom. The van der Waals surface area contributed by atoms with Crippen molar-refractivity contribution >= 4 is 17.6 Å². The molecule has 0 heterocycles. The van der Waals surface area contributed by atoms with E-state index in [0.717, 1.165) is 6.07 Å². The molecule has 1 atom stereocenters. The number of hydrogen-bond donors (Lipinski definition) is 2. The Balaban J connectivity index is 3.10. The molecule has 0 aliphatic carbocycles. The van der Waals surface area contributed by atoms with Gasteiger partial charge < -0.3 is 15.2 Å². The molecule has 0 radical (unpaired) electrons. The van der Waals surface area contributed by atoms with E-state index in [9.17, 15) is 37.3 Å². The van der Waals surface area contributed by atoms with Crippen molar-refractivity contribution in [3.8, 4) is 5.75 Å². The maximum Gasteiger partial charge on any atom is 0.422 e. The standard InChI is InChI=1S/C12H10F4N2O6/c13-4-8(11(20)21)17-10(19)7-3-6(24-5-12(14,15)16)1-2-9(7)18(22)23/h1-3,8H,4-5H2,(H,17,19)(H,20,21). The summed E-state index contributed by atoms with van der Waals surface area (Å²) in [6.45, 7) is -3.19. The Kier molecular flexibility index (Phi) is 6.03. The zero-order valence-corrected chi connectivity index (χ0v) is 11.7. The highest BCUT2D eigenvalue weighted by atomic mass is 19.4. The van der Waals surface area contributed by atoms with Gasteiger partial charge in [-0.3, -0.25) is 14.9 Å². The SMILES string of the molecule is O=C(NC(CF)C(=O)O)c1cc(OCC(F)(F)F)ccc1[N+](=O)[O-]. The number of carboxylic acid groups (broad SMARTS) is 1. The first-order valence-electron chi connectivity index (χ1n) is 6.12. The number of carbonyl (C=O) groups excluding carboxylic acids is 1. The fraction of sp³-hybridized carbons (Fsp3) is 0.333. The minimum absolute atomic E-state index is 0.504. The van der Waals surface area contributed by atoms with Crippen molar-refractivity contribution in [3.63, 3.8) is 0 Å². The van der Waals surface area contributed by atoms with Crippen molar-refractivity contribution < 1.29 is 41.9 Å². The van der Waals surface area contributed by atoms with Gasteiger partial charge in [0.2, 0.25) is 0 Å². The second-order valence-electron chi connectivity index (χ2n) is 4.36. The van der Waals surface area contributed by atoms with Gasteiger partial charge in [0.1, 0.15) is 18.0 Å². The molecule has 2 N–H and O–H groups in total. The summed E-state index contributed by atoms with van der Waals surface area (Å²) >= 11 is 0. The van der Waals surface area contributed by atoms with Gasteiger partial charge in [0, 0.05) is 6.07 Å². The maximum absolute atomic E-state index is 12.5. The van der Waals surface area contributed by atoms with Crippen molar-refractivity contribution in [3.05, 3.63) is 33.9 Å².